The molecule has 7 nitrogen and oxygen atoms in total. The molecule has 152 valence electrons. The van der Waals surface area contributed by atoms with Crippen molar-refractivity contribution in [2.45, 2.75) is 6.17 Å². The van der Waals surface area contributed by atoms with Crippen LogP contribution < -0.4 is 15.4 Å². The summed E-state index contributed by atoms with van der Waals surface area (Å²) in [4.78, 5) is 29.8. The van der Waals surface area contributed by atoms with Gasteiger partial charge in [0.05, 0.1) is 11.4 Å². The number of nitrogens with zero attached hydrogens (tertiary/aromatic N) is 1. The van der Waals surface area contributed by atoms with Crippen LogP contribution in [0.15, 0.2) is 94.3 Å². The number of anilines is 1. The lowest BCUT2D eigenvalue weighted by atomic mass is 10.0. The Kier molecular flexibility index (Phi) is 4.68. The first-order valence-corrected chi connectivity index (χ1v) is 9.68. The Morgan fingerprint density at radius 3 is 2.55 bits per heavy atom. The maximum absolute atomic E-state index is 12.8. The van der Waals surface area contributed by atoms with Gasteiger partial charge in [-0.15, -0.1) is 0 Å². The van der Waals surface area contributed by atoms with E-state index in [0.29, 0.717) is 17.0 Å². The molecule has 0 radical (unpaired) electrons. The summed E-state index contributed by atoms with van der Waals surface area (Å²) in [6.45, 7) is 0. The lowest BCUT2D eigenvalue weighted by molar-refractivity contribution is -0.117. The average Bonchev–Trinajstić information content (AvgIpc) is 3.13. The number of benzodiazepines with no additional fused rings is 1. The third-order valence-corrected chi connectivity index (χ3v) is 4.84. The Morgan fingerprint density at radius 1 is 0.968 bits per heavy atom. The number of rotatable bonds is 3. The Bertz CT molecular complexity index is 1280. The smallest absolute Gasteiger partial charge is 0.417 e. The summed E-state index contributed by atoms with van der Waals surface area (Å²) < 4.78 is 10.7. The van der Waals surface area contributed by atoms with Gasteiger partial charge in [0.15, 0.2) is 0 Å². The first-order chi connectivity index (χ1) is 15.2. The molecule has 1 aliphatic rings. The van der Waals surface area contributed by atoms with Gasteiger partial charge in [-0.3, -0.25) is 10.1 Å². The number of fused-ring (bicyclic) bond motifs is 2. The van der Waals surface area contributed by atoms with Gasteiger partial charge in [0.2, 0.25) is 6.17 Å². The van der Waals surface area contributed by atoms with E-state index in [1.807, 2.05) is 66.7 Å². The van der Waals surface area contributed by atoms with E-state index in [1.165, 1.54) is 0 Å². The molecule has 2 amide bonds. The van der Waals surface area contributed by atoms with Crippen LogP contribution in [0.3, 0.4) is 0 Å². The number of para-hydroxylation sites is 2. The molecule has 4 aromatic rings. The third-order valence-electron chi connectivity index (χ3n) is 4.84. The van der Waals surface area contributed by atoms with Gasteiger partial charge >= 0.3 is 6.09 Å². The standard InChI is InChI=1S/C24H17N3O4/c28-23-22(27-24(29)31-20-14-16-10-4-7-13-19(16)30-20)26-21(15-8-2-1-3-9-15)17-11-5-6-12-18(17)25-23/h1-14,22H,(H,25,28)(H,27,29)/t22-/m1/s1. The number of hydrogen-bond acceptors (Lipinski definition) is 5. The molecule has 31 heavy (non-hydrogen) atoms. The van der Waals surface area contributed by atoms with Crippen LogP contribution in [0.2, 0.25) is 0 Å². The van der Waals surface area contributed by atoms with Crippen LogP contribution in [-0.2, 0) is 4.79 Å². The minimum absolute atomic E-state index is 0.0308. The molecule has 0 spiro atoms. The van der Waals surface area contributed by atoms with Crippen LogP contribution >= 0.6 is 0 Å². The van der Waals surface area contributed by atoms with Crippen LogP contribution in [0, 0.1) is 0 Å². The molecular weight excluding hydrogens is 394 g/mol. The highest BCUT2D eigenvalue weighted by Crippen LogP contribution is 2.25. The van der Waals surface area contributed by atoms with E-state index in [9.17, 15) is 9.59 Å². The highest BCUT2D eigenvalue weighted by molar-refractivity contribution is 6.19. The van der Waals surface area contributed by atoms with Gasteiger partial charge in [0.25, 0.3) is 11.9 Å². The largest absolute Gasteiger partial charge is 0.425 e. The topological polar surface area (TPSA) is 92.9 Å². The van der Waals surface area contributed by atoms with Crippen LogP contribution in [0.25, 0.3) is 11.0 Å². The number of ether oxygens (including phenoxy) is 1. The highest BCUT2D eigenvalue weighted by Gasteiger charge is 2.27. The van der Waals surface area contributed by atoms with Crippen LogP contribution in [0.5, 0.6) is 5.95 Å². The van der Waals surface area contributed by atoms with Crippen molar-refractivity contribution in [3.63, 3.8) is 0 Å². The second-order valence-electron chi connectivity index (χ2n) is 6.92. The summed E-state index contributed by atoms with van der Waals surface area (Å²) in [5, 5.41) is 6.13. The monoisotopic (exact) mass is 411 g/mol. The van der Waals surface area contributed by atoms with Crippen molar-refractivity contribution in [3.05, 3.63) is 96.1 Å². The fourth-order valence-corrected chi connectivity index (χ4v) is 3.42. The maximum atomic E-state index is 12.8. The van der Waals surface area contributed by atoms with E-state index >= 15 is 0 Å². The number of hydrogen-bond donors (Lipinski definition) is 2. The molecule has 2 heterocycles. The Balaban J connectivity index is 1.44. The van der Waals surface area contributed by atoms with E-state index in [2.05, 4.69) is 15.6 Å². The van der Waals surface area contributed by atoms with Gasteiger partial charge in [-0.1, -0.05) is 66.7 Å². The lowest BCUT2D eigenvalue weighted by Crippen LogP contribution is -2.43. The summed E-state index contributed by atoms with van der Waals surface area (Å²) >= 11 is 0. The minimum atomic E-state index is -1.18. The van der Waals surface area contributed by atoms with Gasteiger partial charge in [-0.25, -0.2) is 9.79 Å². The number of carbonyl (C=O) groups excluding carboxylic acids is 2. The second kappa shape index (κ2) is 7.79. The molecule has 7 heteroatoms. The normalized spacial score (nSPS) is 15.4. The van der Waals surface area contributed by atoms with Crippen molar-refractivity contribution in [2.75, 3.05) is 5.32 Å². The Morgan fingerprint density at radius 2 is 1.71 bits per heavy atom. The minimum Gasteiger partial charge on any atom is -0.425 e. The molecule has 1 aliphatic heterocycles. The van der Waals surface area contributed by atoms with E-state index in [1.54, 1.807) is 18.2 Å². The zero-order valence-electron chi connectivity index (χ0n) is 16.2. The van der Waals surface area contributed by atoms with Crippen molar-refractivity contribution in [1.82, 2.24) is 5.32 Å². The number of carbonyl (C=O) groups is 2. The van der Waals surface area contributed by atoms with Crippen molar-refractivity contribution in [2.24, 2.45) is 4.99 Å². The summed E-state index contributed by atoms with van der Waals surface area (Å²) in [7, 11) is 0. The van der Waals surface area contributed by atoms with Gasteiger partial charge in [0, 0.05) is 22.6 Å². The molecule has 0 bridgehead atoms. The van der Waals surface area contributed by atoms with Crippen LogP contribution in [0.4, 0.5) is 10.5 Å². The molecular formula is C24H17N3O4. The van der Waals surface area contributed by atoms with Crippen molar-refractivity contribution in [3.8, 4) is 5.95 Å². The van der Waals surface area contributed by atoms with Crippen molar-refractivity contribution >= 4 is 34.4 Å². The van der Waals surface area contributed by atoms with E-state index < -0.39 is 18.2 Å². The summed E-state index contributed by atoms with van der Waals surface area (Å²) in [6.07, 6.45) is -2.03. The zero-order chi connectivity index (χ0) is 21.2. The lowest BCUT2D eigenvalue weighted by Gasteiger charge is -2.12. The predicted octanol–water partition coefficient (Wildman–Crippen LogP) is 4.34. The number of nitrogens with one attached hydrogen (secondary N) is 2. The molecule has 3 aromatic carbocycles. The van der Waals surface area contributed by atoms with Gasteiger partial charge < -0.3 is 14.5 Å². The fraction of sp³-hybridized carbons (Fsp3) is 0.0417. The number of amides is 2. The van der Waals surface area contributed by atoms with E-state index in [-0.39, 0.29) is 5.95 Å². The molecule has 1 atom stereocenters. The summed E-state index contributed by atoms with van der Waals surface area (Å²) in [5.74, 6) is -0.441. The zero-order valence-corrected chi connectivity index (χ0v) is 16.2. The van der Waals surface area contributed by atoms with Gasteiger partial charge in [-0.05, 0) is 12.1 Å². The number of furan rings is 1. The van der Waals surface area contributed by atoms with E-state index in [4.69, 9.17) is 9.15 Å². The van der Waals surface area contributed by atoms with Gasteiger partial charge in [-0.2, -0.15) is 0 Å². The number of aliphatic imine (C=N–C) groups is 1. The average molecular weight is 411 g/mol. The van der Waals surface area contributed by atoms with Crippen LogP contribution in [0.1, 0.15) is 11.1 Å². The van der Waals surface area contributed by atoms with Crippen molar-refractivity contribution in [1.29, 1.82) is 0 Å². The molecule has 0 saturated carbocycles. The van der Waals surface area contributed by atoms with Crippen LogP contribution in [-0.4, -0.2) is 23.9 Å². The predicted molar refractivity (Wildman–Crippen MR) is 116 cm³/mol. The first kappa shape index (κ1) is 18.6. The van der Waals surface area contributed by atoms with Crippen molar-refractivity contribution < 1.29 is 18.7 Å². The third kappa shape index (κ3) is 3.76. The molecule has 2 N–H and O–H groups in total. The summed E-state index contributed by atoms with van der Waals surface area (Å²) in [6, 6.07) is 25.7. The Labute approximate surface area is 177 Å². The molecule has 0 aliphatic carbocycles. The Hall–Kier alpha value is -4.39. The molecule has 0 unspecified atom stereocenters. The molecule has 5 rings (SSSR count). The molecule has 1 aromatic heterocycles. The maximum Gasteiger partial charge on any atom is 0.417 e. The molecule has 0 fully saturated rings. The molecule has 0 saturated heterocycles. The first-order valence-electron chi connectivity index (χ1n) is 9.68. The number of benzene rings is 3. The quantitative estimate of drug-likeness (QED) is 0.525. The second-order valence-corrected chi connectivity index (χ2v) is 6.92. The SMILES string of the molecule is O=C(N[C@H]1N=C(c2ccccc2)c2ccccc2NC1=O)Oc1cc2ccccc2o1. The van der Waals surface area contributed by atoms with E-state index in [0.717, 1.165) is 16.5 Å². The van der Waals surface area contributed by atoms with Gasteiger partial charge in [0.1, 0.15) is 5.58 Å². The highest BCUT2D eigenvalue weighted by atomic mass is 16.6. The summed E-state index contributed by atoms with van der Waals surface area (Å²) in [5.41, 5.74) is 3.38. The fourth-order valence-electron chi connectivity index (χ4n) is 3.42.